The van der Waals surface area contributed by atoms with Gasteiger partial charge in [-0.05, 0) is 24.3 Å². The smallest absolute Gasteiger partial charge is 0.206 e. The van der Waals surface area contributed by atoms with Crippen molar-refractivity contribution in [1.82, 2.24) is 9.55 Å². The third kappa shape index (κ3) is 1.54. The third-order valence-corrected chi connectivity index (χ3v) is 3.05. The normalized spacial score (nSPS) is 11.0. The van der Waals surface area contributed by atoms with Gasteiger partial charge in [-0.15, -0.1) is 0 Å². The lowest BCUT2D eigenvalue weighted by molar-refractivity contribution is 0.620. The molecule has 0 saturated heterocycles. The maximum absolute atomic E-state index is 13.9. The first-order valence-electron chi connectivity index (χ1n) is 5.36. The maximum Gasteiger partial charge on any atom is 0.206 e. The predicted molar refractivity (Wildman–Crippen MR) is 70.5 cm³/mol. The summed E-state index contributed by atoms with van der Waals surface area (Å²) in [7, 11) is 0. The van der Waals surface area contributed by atoms with E-state index in [0.29, 0.717) is 10.5 Å². The second-order valence-electron chi connectivity index (χ2n) is 3.86. The van der Waals surface area contributed by atoms with Crippen LogP contribution in [0.3, 0.4) is 0 Å². The molecule has 0 fully saturated rings. The lowest BCUT2D eigenvalue weighted by Gasteiger charge is -2.09. The van der Waals surface area contributed by atoms with E-state index >= 15 is 0 Å². The molecule has 90 valence electrons. The first-order chi connectivity index (χ1) is 8.68. The second kappa shape index (κ2) is 3.99. The van der Waals surface area contributed by atoms with Crippen LogP contribution in [0, 0.1) is 5.82 Å². The Hall–Kier alpha value is -2.07. The fourth-order valence-electron chi connectivity index (χ4n) is 1.98. The van der Waals surface area contributed by atoms with Gasteiger partial charge in [0.1, 0.15) is 11.5 Å². The summed E-state index contributed by atoms with van der Waals surface area (Å²) in [6, 6.07) is 11.8. The summed E-state index contributed by atoms with van der Waals surface area (Å²) in [6.45, 7) is 0. The van der Waals surface area contributed by atoms with E-state index in [9.17, 15) is 4.39 Å². The van der Waals surface area contributed by atoms with Crippen LogP contribution in [0.2, 0.25) is 5.02 Å². The van der Waals surface area contributed by atoms with Crippen molar-refractivity contribution in [2.75, 3.05) is 5.73 Å². The van der Waals surface area contributed by atoms with Gasteiger partial charge in [-0.25, -0.2) is 9.37 Å². The van der Waals surface area contributed by atoms with Crippen LogP contribution >= 0.6 is 11.6 Å². The molecule has 0 radical (unpaired) electrons. The minimum atomic E-state index is -0.433. The molecule has 5 heteroatoms. The largest absolute Gasteiger partial charge is 0.369 e. The summed E-state index contributed by atoms with van der Waals surface area (Å²) < 4.78 is 15.5. The number of anilines is 1. The minimum absolute atomic E-state index is 0.211. The van der Waals surface area contributed by atoms with E-state index in [-0.39, 0.29) is 11.6 Å². The Morgan fingerprint density at radius 1 is 1.11 bits per heavy atom. The van der Waals surface area contributed by atoms with Gasteiger partial charge < -0.3 is 5.73 Å². The molecule has 0 amide bonds. The fraction of sp³-hybridized carbons (Fsp3) is 0. The third-order valence-electron chi connectivity index (χ3n) is 2.75. The van der Waals surface area contributed by atoms with Crippen molar-refractivity contribution >= 4 is 28.6 Å². The summed E-state index contributed by atoms with van der Waals surface area (Å²) in [4.78, 5) is 4.19. The Morgan fingerprint density at radius 3 is 2.67 bits per heavy atom. The van der Waals surface area contributed by atoms with E-state index in [4.69, 9.17) is 17.3 Å². The van der Waals surface area contributed by atoms with Crippen molar-refractivity contribution in [2.45, 2.75) is 0 Å². The molecule has 0 saturated carbocycles. The number of imidazole rings is 1. The topological polar surface area (TPSA) is 43.8 Å². The molecule has 0 bridgehead atoms. The van der Waals surface area contributed by atoms with Crippen molar-refractivity contribution in [3.8, 4) is 5.69 Å². The number of hydrogen-bond donors (Lipinski definition) is 1. The zero-order valence-corrected chi connectivity index (χ0v) is 10.0. The van der Waals surface area contributed by atoms with Crippen LogP contribution in [-0.4, -0.2) is 9.55 Å². The highest BCUT2D eigenvalue weighted by molar-refractivity contribution is 6.32. The number of nitrogen functional groups attached to an aromatic ring is 1. The number of rotatable bonds is 1. The highest BCUT2D eigenvalue weighted by atomic mass is 35.5. The molecule has 0 aliphatic rings. The van der Waals surface area contributed by atoms with Gasteiger partial charge in [0.05, 0.1) is 16.1 Å². The Labute approximate surface area is 108 Å². The van der Waals surface area contributed by atoms with E-state index in [1.165, 1.54) is 10.6 Å². The molecule has 2 N–H and O–H groups in total. The molecule has 2 aromatic carbocycles. The van der Waals surface area contributed by atoms with E-state index < -0.39 is 5.82 Å². The lowest BCUT2D eigenvalue weighted by atomic mass is 10.2. The zero-order chi connectivity index (χ0) is 12.7. The summed E-state index contributed by atoms with van der Waals surface area (Å²) >= 11 is 6.05. The van der Waals surface area contributed by atoms with Crippen molar-refractivity contribution in [2.24, 2.45) is 0 Å². The molecule has 3 nitrogen and oxygen atoms in total. The number of nitrogens with two attached hydrogens (primary N) is 1. The van der Waals surface area contributed by atoms with Gasteiger partial charge in [0.15, 0.2) is 0 Å². The van der Waals surface area contributed by atoms with Crippen LogP contribution in [-0.2, 0) is 0 Å². The van der Waals surface area contributed by atoms with Crippen molar-refractivity contribution < 1.29 is 4.39 Å². The van der Waals surface area contributed by atoms with Crippen LogP contribution in [0.25, 0.3) is 16.7 Å². The summed E-state index contributed by atoms with van der Waals surface area (Å²) in [6.07, 6.45) is 0. The first-order valence-corrected chi connectivity index (χ1v) is 5.73. The zero-order valence-electron chi connectivity index (χ0n) is 9.27. The van der Waals surface area contributed by atoms with Gasteiger partial charge in [-0.2, -0.15) is 0 Å². The van der Waals surface area contributed by atoms with Gasteiger partial charge in [-0.3, -0.25) is 4.57 Å². The molecule has 0 unspecified atom stereocenters. The highest BCUT2D eigenvalue weighted by Crippen LogP contribution is 2.29. The minimum Gasteiger partial charge on any atom is -0.369 e. The molecular formula is C13H9ClFN3. The molecule has 18 heavy (non-hydrogen) atoms. The molecule has 0 spiro atoms. The summed E-state index contributed by atoms with van der Waals surface area (Å²) in [5.41, 5.74) is 7.50. The number of para-hydroxylation sites is 3. The van der Waals surface area contributed by atoms with Crippen LogP contribution in [0.15, 0.2) is 42.5 Å². The monoisotopic (exact) mass is 261 g/mol. The number of hydrogen-bond acceptors (Lipinski definition) is 2. The van der Waals surface area contributed by atoms with E-state index in [2.05, 4.69) is 4.98 Å². The molecule has 0 atom stereocenters. The van der Waals surface area contributed by atoms with Crippen LogP contribution in [0.5, 0.6) is 0 Å². The standard InChI is InChI=1S/C13H9ClFN3/c14-8-4-3-5-9(15)12(8)18-11-7-2-1-6-10(11)17-13(18)16/h1-7H,(H2,16,17). The van der Waals surface area contributed by atoms with E-state index in [0.717, 1.165) is 5.52 Å². The van der Waals surface area contributed by atoms with Gasteiger partial charge in [0.2, 0.25) is 5.95 Å². The molecule has 3 rings (SSSR count). The van der Waals surface area contributed by atoms with Gasteiger partial charge in [0.25, 0.3) is 0 Å². The van der Waals surface area contributed by atoms with Gasteiger partial charge in [-0.1, -0.05) is 29.8 Å². The number of aromatic nitrogens is 2. The van der Waals surface area contributed by atoms with Crippen LogP contribution in [0.4, 0.5) is 10.3 Å². The molecule has 1 heterocycles. The predicted octanol–water partition coefficient (Wildman–Crippen LogP) is 3.40. The number of benzene rings is 2. The van der Waals surface area contributed by atoms with Crippen LogP contribution in [0.1, 0.15) is 0 Å². The summed E-state index contributed by atoms with van der Waals surface area (Å²) in [5.74, 6) is -0.222. The Kier molecular flexibility index (Phi) is 2.45. The van der Waals surface area contributed by atoms with Crippen LogP contribution < -0.4 is 5.73 Å². The Balaban J connectivity index is 2.42. The van der Waals surface area contributed by atoms with E-state index in [1.54, 1.807) is 12.1 Å². The fourth-order valence-corrected chi connectivity index (χ4v) is 2.23. The molecule has 3 aromatic rings. The Bertz CT molecular complexity index is 716. The number of halogens is 2. The average Bonchev–Trinajstić information content (AvgIpc) is 2.66. The van der Waals surface area contributed by atoms with Crippen molar-refractivity contribution in [1.29, 1.82) is 0 Å². The van der Waals surface area contributed by atoms with E-state index in [1.807, 2.05) is 24.3 Å². The Morgan fingerprint density at radius 2 is 1.89 bits per heavy atom. The summed E-state index contributed by atoms with van der Waals surface area (Å²) in [5, 5.41) is 0.296. The first kappa shape index (κ1) is 11.0. The molecule has 0 aliphatic carbocycles. The SMILES string of the molecule is Nc1nc2ccccc2n1-c1c(F)cccc1Cl. The second-order valence-corrected chi connectivity index (χ2v) is 4.27. The lowest BCUT2D eigenvalue weighted by Crippen LogP contribution is -2.03. The van der Waals surface area contributed by atoms with Crippen molar-refractivity contribution in [3.05, 3.63) is 53.3 Å². The average molecular weight is 262 g/mol. The van der Waals surface area contributed by atoms with Crippen molar-refractivity contribution in [3.63, 3.8) is 0 Å². The molecule has 1 aromatic heterocycles. The number of fused-ring (bicyclic) bond motifs is 1. The van der Waals surface area contributed by atoms with Gasteiger partial charge in [0, 0.05) is 0 Å². The molecular weight excluding hydrogens is 253 g/mol. The molecule has 0 aliphatic heterocycles. The quantitative estimate of drug-likeness (QED) is 0.730. The van der Waals surface area contributed by atoms with Gasteiger partial charge >= 0.3 is 0 Å². The highest BCUT2D eigenvalue weighted by Gasteiger charge is 2.15. The number of nitrogens with zero attached hydrogens (tertiary/aromatic N) is 2. The maximum atomic E-state index is 13.9.